The Bertz CT molecular complexity index is 448. The van der Waals surface area contributed by atoms with E-state index in [1.165, 1.54) is 11.1 Å². The minimum absolute atomic E-state index is 0.888. The van der Waals surface area contributed by atoms with Gasteiger partial charge in [-0.05, 0) is 47.9 Å². The molecule has 2 nitrogen and oxygen atoms in total. The highest BCUT2D eigenvalue weighted by molar-refractivity contribution is 7.08. The van der Waals surface area contributed by atoms with Crippen LogP contribution in [0.15, 0.2) is 29.1 Å². The molecule has 0 aromatic carbocycles. The Morgan fingerprint density at radius 3 is 2.87 bits per heavy atom. The van der Waals surface area contributed by atoms with Gasteiger partial charge < -0.3 is 5.32 Å². The van der Waals surface area contributed by atoms with E-state index in [-0.39, 0.29) is 0 Å². The van der Waals surface area contributed by atoms with Crippen LogP contribution in [0.3, 0.4) is 0 Å². The van der Waals surface area contributed by atoms with Crippen LogP contribution in [0.1, 0.15) is 16.8 Å². The van der Waals surface area contributed by atoms with Gasteiger partial charge in [-0.1, -0.05) is 0 Å². The van der Waals surface area contributed by atoms with Gasteiger partial charge in [0, 0.05) is 24.1 Å². The molecular weight excluding hydrogens is 204 g/mol. The lowest BCUT2D eigenvalue weighted by Gasteiger charge is -2.06. The van der Waals surface area contributed by atoms with Crippen LogP contribution < -0.4 is 5.32 Å². The van der Waals surface area contributed by atoms with Crippen LogP contribution in [-0.4, -0.2) is 4.98 Å². The molecule has 0 bridgehead atoms. The molecule has 0 saturated heterocycles. The van der Waals surface area contributed by atoms with Crippen molar-refractivity contribution < 1.29 is 0 Å². The summed E-state index contributed by atoms with van der Waals surface area (Å²) in [6, 6.07) is 4.05. The number of thiophene rings is 1. The standard InChI is InChI=1S/C12H14N2S/c1-9-7-15-8-11(9)6-14-12-3-4-13-10(2)5-12/h3-5,7-8H,6H2,1-2H3,(H,13,14). The van der Waals surface area contributed by atoms with Crippen molar-refractivity contribution in [2.45, 2.75) is 20.4 Å². The fourth-order valence-corrected chi connectivity index (χ4v) is 2.28. The zero-order valence-corrected chi connectivity index (χ0v) is 9.77. The predicted molar refractivity (Wildman–Crippen MR) is 65.4 cm³/mol. The molecule has 0 spiro atoms. The van der Waals surface area contributed by atoms with E-state index in [1.807, 2.05) is 19.2 Å². The molecule has 1 N–H and O–H groups in total. The number of rotatable bonds is 3. The first-order chi connectivity index (χ1) is 7.25. The maximum atomic E-state index is 4.16. The predicted octanol–water partition coefficient (Wildman–Crippen LogP) is 3.37. The number of aromatic nitrogens is 1. The highest BCUT2D eigenvalue weighted by Gasteiger charge is 1.99. The van der Waals surface area contributed by atoms with Crippen LogP contribution in [0.2, 0.25) is 0 Å². The number of aryl methyl sites for hydroxylation is 2. The van der Waals surface area contributed by atoms with Crippen molar-refractivity contribution in [3.05, 3.63) is 45.9 Å². The highest BCUT2D eigenvalue weighted by Crippen LogP contribution is 2.16. The molecule has 0 atom stereocenters. The summed E-state index contributed by atoms with van der Waals surface area (Å²) in [6.07, 6.45) is 1.83. The van der Waals surface area contributed by atoms with Crippen LogP contribution in [0.25, 0.3) is 0 Å². The summed E-state index contributed by atoms with van der Waals surface area (Å²) in [5.74, 6) is 0. The van der Waals surface area contributed by atoms with Gasteiger partial charge in [0.15, 0.2) is 0 Å². The van der Waals surface area contributed by atoms with Crippen LogP contribution in [0.4, 0.5) is 5.69 Å². The van der Waals surface area contributed by atoms with E-state index in [1.54, 1.807) is 11.3 Å². The summed E-state index contributed by atoms with van der Waals surface area (Å²) in [6.45, 7) is 5.03. The highest BCUT2D eigenvalue weighted by atomic mass is 32.1. The average Bonchev–Trinajstić information content (AvgIpc) is 2.61. The van der Waals surface area contributed by atoms with Crippen molar-refractivity contribution in [1.82, 2.24) is 4.98 Å². The molecule has 0 aliphatic rings. The Morgan fingerprint density at radius 2 is 2.20 bits per heavy atom. The fourth-order valence-electron chi connectivity index (χ4n) is 1.42. The second-order valence-corrected chi connectivity index (χ2v) is 4.36. The number of nitrogens with zero attached hydrogens (tertiary/aromatic N) is 1. The zero-order valence-electron chi connectivity index (χ0n) is 8.95. The molecule has 78 valence electrons. The first kappa shape index (κ1) is 10.2. The number of hydrogen-bond donors (Lipinski definition) is 1. The molecule has 3 heteroatoms. The third kappa shape index (κ3) is 2.57. The van der Waals surface area contributed by atoms with Crippen molar-refractivity contribution in [3.8, 4) is 0 Å². The van der Waals surface area contributed by atoms with Crippen LogP contribution in [0, 0.1) is 13.8 Å². The lowest BCUT2D eigenvalue weighted by Crippen LogP contribution is -1.99. The Hall–Kier alpha value is -1.35. The number of anilines is 1. The van der Waals surface area contributed by atoms with Crippen LogP contribution >= 0.6 is 11.3 Å². The van der Waals surface area contributed by atoms with Crippen molar-refractivity contribution in [1.29, 1.82) is 0 Å². The molecule has 0 amide bonds. The maximum absolute atomic E-state index is 4.16. The van der Waals surface area contributed by atoms with Gasteiger partial charge >= 0.3 is 0 Å². The van der Waals surface area contributed by atoms with Gasteiger partial charge in [0.25, 0.3) is 0 Å². The van der Waals surface area contributed by atoms with Crippen molar-refractivity contribution >= 4 is 17.0 Å². The van der Waals surface area contributed by atoms with E-state index in [0.717, 1.165) is 17.9 Å². The van der Waals surface area contributed by atoms with Gasteiger partial charge in [0.2, 0.25) is 0 Å². The minimum Gasteiger partial charge on any atom is -0.381 e. The van der Waals surface area contributed by atoms with Crippen molar-refractivity contribution in [3.63, 3.8) is 0 Å². The number of nitrogens with one attached hydrogen (secondary N) is 1. The molecule has 15 heavy (non-hydrogen) atoms. The lowest BCUT2D eigenvalue weighted by molar-refractivity contribution is 1.12. The molecule has 2 aromatic rings. The van der Waals surface area contributed by atoms with Gasteiger partial charge in [-0.25, -0.2) is 0 Å². The molecule has 0 fully saturated rings. The van der Waals surface area contributed by atoms with Crippen LogP contribution in [0.5, 0.6) is 0 Å². The quantitative estimate of drug-likeness (QED) is 0.854. The molecule has 0 saturated carbocycles. The smallest absolute Gasteiger partial charge is 0.0411 e. The third-order valence-electron chi connectivity index (χ3n) is 2.34. The topological polar surface area (TPSA) is 24.9 Å². The number of hydrogen-bond acceptors (Lipinski definition) is 3. The van der Waals surface area contributed by atoms with E-state index in [2.05, 4.69) is 34.1 Å². The van der Waals surface area contributed by atoms with E-state index in [9.17, 15) is 0 Å². The van der Waals surface area contributed by atoms with E-state index < -0.39 is 0 Å². The molecular formula is C12H14N2S. The van der Waals surface area contributed by atoms with Gasteiger partial charge in [0.1, 0.15) is 0 Å². The summed E-state index contributed by atoms with van der Waals surface area (Å²) in [4.78, 5) is 4.16. The van der Waals surface area contributed by atoms with Crippen molar-refractivity contribution in [2.75, 3.05) is 5.32 Å². The Balaban J connectivity index is 2.02. The second-order valence-electron chi connectivity index (χ2n) is 3.62. The molecule has 2 rings (SSSR count). The minimum atomic E-state index is 0.888. The van der Waals surface area contributed by atoms with Gasteiger partial charge in [-0.3, -0.25) is 4.98 Å². The summed E-state index contributed by atoms with van der Waals surface area (Å²) in [5, 5.41) is 7.76. The fraction of sp³-hybridized carbons (Fsp3) is 0.250. The molecule has 0 radical (unpaired) electrons. The lowest BCUT2D eigenvalue weighted by atomic mass is 10.2. The molecule has 0 aliphatic carbocycles. The Morgan fingerprint density at radius 1 is 1.33 bits per heavy atom. The Kier molecular flexibility index (Phi) is 3.02. The van der Waals surface area contributed by atoms with Gasteiger partial charge in [0.05, 0.1) is 0 Å². The molecule has 2 heterocycles. The number of pyridine rings is 1. The third-order valence-corrected chi connectivity index (χ3v) is 3.25. The van der Waals surface area contributed by atoms with E-state index in [4.69, 9.17) is 0 Å². The first-order valence-electron chi connectivity index (χ1n) is 4.94. The van der Waals surface area contributed by atoms with Crippen molar-refractivity contribution in [2.24, 2.45) is 0 Å². The summed E-state index contributed by atoms with van der Waals surface area (Å²) in [5.41, 5.74) is 4.91. The van der Waals surface area contributed by atoms with E-state index in [0.29, 0.717) is 0 Å². The maximum Gasteiger partial charge on any atom is 0.0411 e. The molecule has 0 unspecified atom stereocenters. The summed E-state index contributed by atoms with van der Waals surface area (Å²) < 4.78 is 0. The summed E-state index contributed by atoms with van der Waals surface area (Å²) >= 11 is 1.75. The second kappa shape index (κ2) is 4.45. The normalized spacial score (nSPS) is 10.3. The molecule has 0 aliphatic heterocycles. The van der Waals surface area contributed by atoms with E-state index >= 15 is 0 Å². The Labute approximate surface area is 94.0 Å². The zero-order chi connectivity index (χ0) is 10.7. The average molecular weight is 218 g/mol. The SMILES string of the molecule is Cc1cc(NCc2cscc2C)ccn1. The largest absolute Gasteiger partial charge is 0.381 e. The van der Waals surface area contributed by atoms with Gasteiger partial charge in [-0.15, -0.1) is 0 Å². The molecule has 2 aromatic heterocycles. The first-order valence-corrected chi connectivity index (χ1v) is 5.88. The van der Waals surface area contributed by atoms with Crippen LogP contribution in [-0.2, 0) is 6.54 Å². The monoisotopic (exact) mass is 218 g/mol. The van der Waals surface area contributed by atoms with Gasteiger partial charge in [-0.2, -0.15) is 11.3 Å². The summed E-state index contributed by atoms with van der Waals surface area (Å²) in [7, 11) is 0.